The van der Waals surface area contributed by atoms with Crippen LogP contribution >= 0.6 is 0 Å². The third kappa shape index (κ3) is 3.34. The Balaban J connectivity index is 1.54. The zero-order valence-electron chi connectivity index (χ0n) is 15.3. The molecule has 0 N–H and O–H groups in total. The fraction of sp³-hybridized carbons (Fsp3) is 0.130. The lowest BCUT2D eigenvalue weighted by molar-refractivity contribution is -0.143. The first kappa shape index (κ1) is 17.8. The quantitative estimate of drug-likeness (QED) is 0.491. The molecule has 0 saturated heterocycles. The Morgan fingerprint density at radius 2 is 1.43 bits per heavy atom. The number of benzene rings is 3. The third-order valence-electron chi connectivity index (χ3n) is 4.67. The lowest BCUT2D eigenvalue weighted by atomic mass is 9.88. The van der Waals surface area contributed by atoms with Crippen molar-refractivity contribution in [3.8, 4) is 17.2 Å². The molecular formula is C23H18O5. The molecule has 0 bridgehead atoms. The standard InChI is InChI=1S/C23H18O5/c1-26-16-12-10-15(11-13-16)19(24)14-27-23(25)22-17-6-2-4-8-20(17)28-21-9-5-3-7-18(21)22/h2-13,22H,14H2,1H3. The molecule has 1 aliphatic rings. The summed E-state index contributed by atoms with van der Waals surface area (Å²) in [6, 6.07) is 21.4. The minimum absolute atomic E-state index is 0.273. The molecule has 1 heterocycles. The zero-order valence-corrected chi connectivity index (χ0v) is 15.3. The number of methoxy groups -OCH3 is 1. The van der Waals surface area contributed by atoms with E-state index in [9.17, 15) is 9.59 Å². The lowest BCUT2D eigenvalue weighted by Gasteiger charge is -2.26. The first-order valence-corrected chi connectivity index (χ1v) is 8.87. The van der Waals surface area contributed by atoms with Crippen LogP contribution in [0.5, 0.6) is 17.2 Å². The van der Waals surface area contributed by atoms with E-state index >= 15 is 0 Å². The minimum atomic E-state index is -0.634. The van der Waals surface area contributed by atoms with Crippen LogP contribution in [-0.2, 0) is 9.53 Å². The molecule has 0 fully saturated rings. The van der Waals surface area contributed by atoms with Gasteiger partial charge in [-0.1, -0.05) is 36.4 Å². The molecule has 5 nitrogen and oxygen atoms in total. The second-order valence-electron chi connectivity index (χ2n) is 6.37. The molecule has 0 unspecified atom stereocenters. The van der Waals surface area contributed by atoms with E-state index in [1.807, 2.05) is 48.5 Å². The normalized spacial score (nSPS) is 12.3. The summed E-state index contributed by atoms with van der Waals surface area (Å²) in [5.41, 5.74) is 1.91. The van der Waals surface area contributed by atoms with Gasteiger partial charge >= 0.3 is 5.97 Å². The van der Waals surface area contributed by atoms with Crippen molar-refractivity contribution < 1.29 is 23.8 Å². The molecule has 0 saturated carbocycles. The SMILES string of the molecule is COc1ccc(C(=O)COC(=O)C2c3ccccc3Oc3ccccc32)cc1. The maximum Gasteiger partial charge on any atom is 0.318 e. The maximum absolute atomic E-state index is 12.9. The summed E-state index contributed by atoms with van der Waals surface area (Å²) in [5.74, 6) is 0.498. The van der Waals surface area contributed by atoms with Crippen molar-refractivity contribution in [2.24, 2.45) is 0 Å². The van der Waals surface area contributed by atoms with Crippen LogP contribution in [0.25, 0.3) is 0 Å². The van der Waals surface area contributed by atoms with Crippen LogP contribution < -0.4 is 9.47 Å². The number of Topliss-reactive ketones (excluding diaryl/α,β-unsaturated/α-hetero) is 1. The number of rotatable bonds is 5. The number of fused-ring (bicyclic) bond motifs is 2. The summed E-state index contributed by atoms with van der Waals surface area (Å²) in [6.45, 7) is -0.327. The number of hydrogen-bond donors (Lipinski definition) is 0. The van der Waals surface area contributed by atoms with Crippen molar-refractivity contribution >= 4 is 11.8 Å². The molecule has 0 amide bonds. The third-order valence-corrected chi connectivity index (χ3v) is 4.67. The highest BCUT2D eigenvalue weighted by Gasteiger charge is 2.33. The number of carbonyl (C=O) groups is 2. The fourth-order valence-electron chi connectivity index (χ4n) is 3.24. The van der Waals surface area contributed by atoms with Gasteiger partial charge in [0, 0.05) is 16.7 Å². The van der Waals surface area contributed by atoms with Gasteiger partial charge in [-0.25, -0.2) is 0 Å². The molecule has 0 atom stereocenters. The van der Waals surface area contributed by atoms with Crippen LogP contribution in [0.1, 0.15) is 27.4 Å². The van der Waals surface area contributed by atoms with Crippen molar-refractivity contribution in [1.29, 1.82) is 0 Å². The predicted molar refractivity (Wildman–Crippen MR) is 103 cm³/mol. The Morgan fingerprint density at radius 3 is 2.00 bits per heavy atom. The molecule has 0 radical (unpaired) electrons. The molecule has 28 heavy (non-hydrogen) atoms. The summed E-state index contributed by atoms with van der Waals surface area (Å²) in [4.78, 5) is 25.3. The van der Waals surface area contributed by atoms with Gasteiger partial charge in [-0.2, -0.15) is 0 Å². The van der Waals surface area contributed by atoms with E-state index in [1.54, 1.807) is 31.4 Å². The molecule has 5 heteroatoms. The van der Waals surface area contributed by atoms with Crippen LogP contribution in [-0.4, -0.2) is 25.5 Å². The van der Waals surface area contributed by atoms with E-state index in [1.165, 1.54) is 0 Å². The van der Waals surface area contributed by atoms with Crippen molar-refractivity contribution in [2.75, 3.05) is 13.7 Å². The second-order valence-corrected chi connectivity index (χ2v) is 6.37. The Morgan fingerprint density at radius 1 is 0.857 bits per heavy atom. The molecule has 140 valence electrons. The molecule has 1 aliphatic heterocycles. The minimum Gasteiger partial charge on any atom is -0.497 e. The average Bonchev–Trinajstić information content (AvgIpc) is 2.75. The number of ether oxygens (including phenoxy) is 3. The molecule has 0 spiro atoms. The molecule has 0 aliphatic carbocycles. The first-order valence-electron chi connectivity index (χ1n) is 8.87. The summed E-state index contributed by atoms with van der Waals surface area (Å²) in [5, 5.41) is 0. The van der Waals surface area contributed by atoms with Crippen molar-refractivity contribution in [1.82, 2.24) is 0 Å². The Bertz CT molecular complexity index is 978. The van der Waals surface area contributed by atoms with Gasteiger partial charge in [0.15, 0.2) is 12.4 Å². The smallest absolute Gasteiger partial charge is 0.318 e. The van der Waals surface area contributed by atoms with Crippen LogP contribution in [0.15, 0.2) is 72.8 Å². The maximum atomic E-state index is 12.9. The van der Waals surface area contributed by atoms with Gasteiger partial charge in [0.2, 0.25) is 0 Å². The van der Waals surface area contributed by atoms with E-state index in [4.69, 9.17) is 14.2 Å². The highest BCUT2D eigenvalue weighted by Crippen LogP contribution is 2.44. The Kier molecular flexibility index (Phi) is 4.81. The zero-order chi connectivity index (χ0) is 19.5. The van der Waals surface area contributed by atoms with Crippen LogP contribution in [0.3, 0.4) is 0 Å². The fourth-order valence-corrected chi connectivity index (χ4v) is 3.24. The largest absolute Gasteiger partial charge is 0.497 e. The Hall–Kier alpha value is -3.60. The van der Waals surface area contributed by atoms with E-state index in [0.717, 1.165) is 11.1 Å². The van der Waals surface area contributed by atoms with Gasteiger partial charge < -0.3 is 14.2 Å². The van der Waals surface area contributed by atoms with Gasteiger partial charge in [-0.15, -0.1) is 0 Å². The van der Waals surface area contributed by atoms with Crippen LogP contribution in [0.4, 0.5) is 0 Å². The summed E-state index contributed by atoms with van der Waals surface area (Å²) in [6.07, 6.45) is 0. The number of carbonyl (C=O) groups excluding carboxylic acids is 2. The van der Waals surface area contributed by atoms with E-state index in [2.05, 4.69) is 0 Å². The van der Waals surface area contributed by atoms with Gasteiger partial charge in [0.05, 0.1) is 7.11 Å². The Labute approximate surface area is 162 Å². The van der Waals surface area contributed by atoms with Crippen LogP contribution in [0.2, 0.25) is 0 Å². The topological polar surface area (TPSA) is 61.8 Å². The highest BCUT2D eigenvalue weighted by atomic mass is 16.5. The van der Waals surface area contributed by atoms with Gasteiger partial charge in [0.25, 0.3) is 0 Å². The summed E-state index contributed by atoms with van der Waals surface area (Å²) < 4.78 is 16.4. The van der Waals surface area contributed by atoms with Gasteiger partial charge in [-0.05, 0) is 36.4 Å². The molecule has 3 aromatic rings. The predicted octanol–water partition coefficient (Wildman–Crippen LogP) is 4.36. The molecule has 0 aromatic heterocycles. The highest BCUT2D eigenvalue weighted by molar-refractivity contribution is 5.98. The number of para-hydroxylation sites is 2. The monoisotopic (exact) mass is 374 g/mol. The van der Waals surface area contributed by atoms with E-state index < -0.39 is 11.9 Å². The molecule has 4 rings (SSSR count). The van der Waals surface area contributed by atoms with Crippen molar-refractivity contribution in [3.05, 3.63) is 89.5 Å². The lowest BCUT2D eigenvalue weighted by Crippen LogP contribution is -2.23. The second kappa shape index (κ2) is 7.56. The molecule has 3 aromatic carbocycles. The van der Waals surface area contributed by atoms with Crippen molar-refractivity contribution in [2.45, 2.75) is 5.92 Å². The molecular weight excluding hydrogens is 356 g/mol. The van der Waals surface area contributed by atoms with Crippen LogP contribution in [0, 0.1) is 0 Å². The number of hydrogen-bond acceptors (Lipinski definition) is 5. The van der Waals surface area contributed by atoms with E-state index in [0.29, 0.717) is 22.8 Å². The number of ketones is 1. The average molecular weight is 374 g/mol. The van der Waals surface area contributed by atoms with Gasteiger partial charge in [0.1, 0.15) is 23.2 Å². The van der Waals surface area contributed by atoms with E-state index in [-0.39, 0.29) is 12.4 Å². The van der Waals surface area contributed by atoms with Crippen molar-refractivity contribution in [3.63, 3.8) is 0 Å². The first-order chi connectivity index (χ1) is 13.7. The van der Waals surface area contributed by atoms with Gasteiger partial charge in [-0.3, -0.25) is 9.59 Å². The summed E-state index contributed by atoms with van der Waals surface area (Å²) >= 11 is 0. The number of esters is 1. The summed E-state index contributed by atoms with van der Waals surface area (Å²) in [7, 11) is 1.56.